The van der Waals surface area contributed by atoms with Crippen LogP contribution in [0.25, 0.3) is 0 Å². The zero-order chi connectivity index (χ0) is 18.9. The Morgan fingerprint density at radius 2 is 1.70 bits per heavy atom. The Bertz CT molecular complexity index is 787. The smallest absolute Gasteiger partial charge is 0.251 e. The lowest BCUT2D eigenvalue weighted by atomic mass is 10.2. The van der Waals surface area contributed by atoms with Gasteiger partial charge in [-0.15, -0.1) is 24.0 Å². The predicted octanol–water partition coefficient (Wildman–Crippen LogP) is 3.44. The molecule has 0 saturated carbocycles. The van der Waals surface area contributed by atoms with Crippen molar-refractivity contribution in [2.45, 2.75) is 6.54 Å². The quantitative estimate of drug-likeness (QED) is 0.223. The second-order valence-corrected chi connectivity index (χ2v) is 6.27. The molecule has 0 aliphatic carbocycles. The number of amides is 1. The van der Waals surface area contributed by atoms with Gasteiger partial charge in [0.2, 0.25) is 0 Å². The van der Waals surface area contributed by atoms with Crippen LogP contribution in [-0.2, 0) is 6.54 Å². The van der Waals surface area contributed by atoms with E-state index in [0.717, 1.165) is 22.7 Å². The van der Waals surface area contributed by atoms with E-state index in [1.165, 1.54) is 0 Å². The Kier molecular flexibility index (Phi) is 10.2. The summed E-state index contributed by atoms with van der Waals surface area (Å²) in [6, 6.07) is 10.3. The maximum absolute atomic E-state index is 13.6. The van der Waals surface area contributed by atoms with Gasteiger partial charge in [-0.25, -0.2) is 8.78 Å². The Hall–Kier alpha value is -1.75. The Morgan fingerprint density at radius 3 is 2.37 bits per heavy atom. The molecule has 146 valence electrons. The molecule has 2 rings (SSSR count). The lowest BCUT2D eigenvalue weighted by Gasteiger charge is -2.13. The van der Waals surface area contributed by atoms with Gasteiger partial charge < -0.3 is 16.0 Å². The maximum atomic E-state index is 13.6. The van der Waals surface area contributed by atoms with Crippen LogP contribution in [0.3, 0.4) is 0 Å². The van der Waals surface area contributed by atoms with E-state index in [1.807, 2.05) is 0 Å². The molecular weight excluding hydrogens is 533 g/mol. The number of carbonyl (C=O) groups is 1. The average molecular weight is 553 g/mol. The molecule has 1 amide bonds. The van der Waals surface area contributed by atoms with Crippen molar-refractivity contribution >= 4 is 51.8 Å². The fourth-order valence-electron chi connectivity index (χ4n) is 2.14. The number of nitrogens with one attached hydrogen (secondary N) is 3. The van der Waals surface area contributed by atoms with Gasteiger partial charge in [-0.3, -0.25) is 9.79 Å². The molecule has 0 bridgehead atoms. The Morgan fingerprint density at radius 1 is 1.04 bits per heavy atom. The van der Waals surface area contributed by atoms with E-state index < -0.39 is 11.6 Å². The van der Waals surface area contributed by atoms with Crippen LogP contribution < -0.4 is 16.0 Å². The summed E-state index contributed by atoms with van der Waals surface area (Å²) in [5.41, 5.74) is 0.772. The minimum atomic E-state index is -0.498. The minimum Gasteiger partial charge on any atom is -0.355 e. The number of halogens is 4. The molecule has 0 unspecified atom stereocenters. The summed E-state index contributed by atoms with van der Waals surface area (Å²) in [4.78, 5) is 16.0. The zero-order valence-corrected chi connectivity index (χ0v) is 18.5. The first-order valence-electron chi connectivity index (χ1n) is 7.92. The van der Waals surface area contributed by atoms with E-state index in [9.17, 15) is 13.6 Å². The Labute approximate surface area is 182 Å². The van der Waals surface area contributed by atoms with Gasteiger partial charge in [0, 0.05) is 42.3 Å². The van der Waals surface area contributed by atoms with E-state index in [0.29, 0.717) is 24.6 Å². The summed E-state index contributed by atoms with van der Waals surface area (Å²) >= 11 is 3.32. The van der Waals surface area contributed by atoms with Gasteiger partial charge in [-0.2, -0.15) is 0 Å². The van der Waals surface area contributed by atoms with E-state index in [1.54, 1.807) is 31.3 Å². The van der Waals surface area contributed by atoms with E-state index in [2.05, 4.69) is 36.9 Å². The van der Waals surface area contributed by atoms with Gasteiger partial charge in [0.15, 0.2) is 5.96 Å². The molecule has 5 nitrogen and oxygen atoms in total. The second kappa shape index (κ2) is 11.9. The molecule has 0 fully saturated rings. The third-order valence-corrected chi connectivity index (χ3v) is 4.02. The van der Waals surface area contributed by atoms with Crippen molar-refractivity contribution in [3.63, 3.8) is 0 Å². The topological polar surface area (TPSA) is 65.5 Å². The van der Waals surface area contributed by atoms with E-state index >= 15 is 0 Å². The fraction of sp³-hybridized carbons (Fsp3) is 0.222. The Balaban J connectivity index is 0.00000364. The molecule has 0 atom stereocenters. The highest BCUT2D eigenvalue weighted by Gasteiger charge is 2.06. The molecule has 3 N–H and O–H groups in total. The average Bonchev–Trinajstić information content (AvgIpc) is 2.64. The molecular formula is C18H20BrF2IN4O. The van der Waals surface area contributed by atoms with Gasteiger partial charge >= 0.3 is 0 Å². The third-order valence-electron chi connectivity index (χ3n) is 3.49. The lowest BCUT2D eigenvalue weighted by Crippen LogP contribution is -2.41. The van der Waals surface area contributed by atoms with E-state index in [-0.39, 0.29) is 42.0 Å². The normalized spacial score (nSPS) is 10.7. The second-order valence-electron chi connectivity index (χ2n) is 5.35. The van der Waals surface area contributed by atoms with Gasteiger partial charge in [0.1, 0.15) is 11.6 Å². The van der Waals surface area contributed by atoms with Crippen LogP contribution in [0.4, 0.5) is 8.78 Å². The predicted molar refractivity (Wildman–Crippen MR) is 116 cm³/mol. The highest BCUT2D eigenvalue weighted by Crippen LogP contribution is 2.10. The molecule has 2 aromatic carbocycles. The first-order chi connectivity index (χ1) is 12.5. The number of carbonyl (C=O) groups excluding carboxylic acids is 1. The fourth-order valence-corrected chi connectivity index (χ4v) is 2.40. The van der Waals surface area contributed by atoms with Crippen molar-refractivity contribution in [1.82, 2.24) is 16.0 Å². The number of rotatable bonds is 6. The first-order valence-corrected chi connectivity index (χ1v) is 8.71. The van der Waals surface area contributed by atoms with Gasteiger partial charge in [0.05, 0.1) is 0 Å². The van der Waals surface area contributed by atoms with Crippen molar-refractivity contribution < 1.29 is 13.6 Å². The molecule has 0 saturated heterocycles. The first kappa shape index (κ1) is 23.3. The molecule has 0 aliphatic rings. The van der Waals surface area contributed by atoms with Crippen molar-refractivity contribution in [2.75, 3.05) is 20.1 Å². The van der Waals surface area contributed by atoms with Gasteiger partial charge in [-0.05, 0) is 42.5 Å². The summed E-state index contributed by atoms with van der Waals surface area (Å²) in [6.07, 6.45) is 0. The summed E-state index contributed by atoms with van der Waals surface area (Å²) in [5.74, 6) is -0.742. The van der Waals surface area contributed by atoms with Crippen LogP contribution in [0.15, 0.2) is 51.9 Å². The number of hydrogen-bond donors (Lipinski definition) is 3. The molecule has 0 spiro atoms. The summed E-state index contributed by atoms with van der Waals surface area (Å²) < 4.78 is 27.6. The number of nitrogens with zero attached hydrogens (tertiary/aromatic N) is 1. The van der Waals surface area contributed by atoms with Crippen molar-refractivity contribution in [1.29, 1.82) is 0 Å². The zero-order valence-electron chi connectivity index (χ0n) is 14.6. The standard InChI is InChI=1S/C18H19BrF2N4O.HI/c1-22-18(25-11-13-10-15(20)6-7-16(13)21)24-9-8-23-17(26)12-2-4-14(19)5-3-12;/h2-7,10H,8-9,11H2,1H3,(H,23,26)(H2,22,24,25);1H. The lowest BCUT2D eigenvalue weighted by molar-refractivity contribution is 0.0954. The minimum absolute atomic E-state index is 0. The number of hydrogen-bond acceptors (Lipinski definition) is 2. The molecule has 0 aliphatic heterocycles. The highest BCUT2D eigenvalue weighted by atomic mass is 127. The van der Waals surface area contributed by atoms with Crippen LogP contribution in [0, 0.1) is 11.6 Å². The highest BCUT2D eigenvalue weighted by molar-refractivity contribution is 14.0. The summed E-state index contributed by atoms with van der Waals surface area (Å²) in [5, 5.41) is 8.66. The maximum Gasteiger partial charge on any atom is 0.251 e. The number of aliphatic imine (C=N–C) groups is 1. The molecule has 9 heteroatoms. The molecule has 0 aromatic heterocycles. The van der Waals surface area contributed by atoms with Crippen LogP contribution >= 0.6 is 39.9 Å². The largest absolute Gasteiger partial charge is 0.355 e. The molecule has 27 heavy (non-hydrogen) atoms. The van der Waals surface area contributed by atoms with E-state index in [4.69, 9.17) is 0 Å². The molecule has 0 heterocycles. The van der Waals surface area contributed by atoms with Crippen LogP contribution in [0.5, 0.6) is 0 Å². The molecule has 2 aromatic rings. The summed E-state index contributed by atoms with van der Waals surface area (Å²) in [6.45, 7) is 0.895. The number of benzene rings is 2. The van der Waals surface area contributed by atoms with Crippen molar-refractivity contribution in [3.8, 4) is 0 Å². The third kappa shape index (κ3) is 7.79. The van der Waals surface area contributed by atoms with Crippen molar-refractivity contribution in [3.05, 3.63) is 69.7 Å². The van der Waals surface area contributed by atoms with Crippen LogP contribution in [0.1, 0.15) is 15.9 Å². The van der Waals surface area contributed by atoms with Gasteiger partial charge in [-0.1, -0.05) is 15.9 Å². The molecule has 0 radical (unpaired) electrons. The number of guanidine groups is 1. The SMILES string of the molecule is CN=C(NCCNC(=O)c1ccc(Br)cc1)NCc1cc(F)ccc1F.I. The van der Waals surface area contributed by atoms with Gasteiger partial charge in [0.25, 0.3) is 5.91 Å². The summed E-state index contributed by atoms with van der Waals surface area (Å²) in [7, 11) is 1.57. The van der Waals surface area contributed by atoms with Crippen molar-refractivity contribution in [2.24, 2.45) is 4.99 Å². The van der Waals surface area contributed by atoms with Crippen LogP contribution in [-0.4, -0.2) is 32.0 Å². The van der Waals surface area contributed by atoms with Crippen LogP contribution in [0.2, 0.25) is 0 Å². The monoisotopic (exact) mass is 552 g/mol.